The Morgan fingerprint density at radius 2 is 2.13 bits per heavy atom. The van der Waals surface area contributed by atoms with E-state index in [0.29, 0.717) is 10.9 Å². The van der Waals surface area contributed by atoms with Gasteiger partial charge in [0.2, 0.25) is 0 Å². The van der Waals surface area contributed by atoms with E-state index in [-0.39, 0.29) is 11.3 Å². The van der Waals surface area contributed by atoms with Gasteiger partial charge in [-0.05, 0) is 18.2 Å². The molecule has 0 fully saturated rings. The molecule has 0 aliphatic rings. The van der Waals surface area contributed by atoms with Gasteiger partial charge in [-0.1, -0.05) is 0 Å². The molecule has 0 unspecified atom stereocenters. The molecule has 1 aromatic heterocycles. The zero-order valence-electron chi connectivity index (χ0n) is 7.57. The van der Waals surface area contributed by atoms with E-state index in [9.17, 15) is 9.18 Å². The number of benzene rings is 1. The zero-order chi connectivity index (χ0) is 11.0. The van der Waals surface area contributed by atoms with Crippen molar-refractivity contribution in [3.05, 3.63) is 35.8 Å². The van der Waals surface area contributed by atoms with Gasteiger partial charge >= 0.3 is 5.97 Å². The van der Waals surface area contributed by atoms with Crippen LogP contribution in [-0.4, -0.2) is 16.1 Å². The summed E-state index contributed by atoms with van der Waals surface area (Å²) in [4.78, 5) is 14.5. The van der Waals surface area contributed by atoms with Crippen molar-refractivity contribution >= 4 is 22.6 Å². The molecule has 0 radical (unpaired) electrons. The second kappa shape index (κ2) is 3.20. The lowest BCUT2D eigenvalue weighted by molar-refractivity contribution is 0.0696. The lowest BCUT2D eigenvalue weighted by Gasteiger charge is -2.01. The summed E-state index contributed by atoms with van der Waals surface area (Å²) in [6, 6.07) is 3.90. The Kier molecular flexibility index (Phi) is 2.00. The largest absolute Gasteiger partial charge is 0.478 e. The van der Waals surface area contributed by atoms with Gasteiger partial charge in [0.05, 0.1) is 16.8 Å². The summed E-state index contributed by atoms with van der Waals surface area (Å²) in [6.07, 6.45) is 1.21. The number of hydrogen-bond acceptors (Lipinski definition) is 3. The average molecular weight is 206 g/mol. The number of nitrogens with two attached hydrogens (primary N) is 1. The van der Waals surface area contributed by atoms with Crippen LogP contribution in [0.15, 0.2) is 24.4 Å². The highest BCUT2D eigenvalue weighted by molar-refractivity contribution is 5.93. The van der Waals surface area contributed by atoms with Crippen LogP contribution in [0.5, 0.6) is 0 Å². The predicted octanol–water partition coefficient (Wildman–Crippen LogP) is 1.65. The molecule has 0 saturated heterocycles. The number of nitrogens with zero attached hydrogens (tertiary/aromatic N) is 1. The number of rotatable bonds is 1. The maximum absolute atomic E-state index is 13.1. The molecule has 5 heteroatoms. The molecular weight excluding hydrogens is 199 g/mol. The number of carboxylic acids is 1. The number of carbonyl (C=O) groups is 1. The lowest BCUT2D eigenvalue weighted by Crippen LogP contribution is -1.98. The summed E-state index contributed by atoms with van der Waals surface area (Å²) in [5.74, 6) is -1.67. The topological polar surface area (TPSA) is 76.2 Å². The van der Waals surface area contributed by atoms with Crippen LogP contribution < -0.4 is 5.73 Å². The first-order valence-electron chi connectivity index (χ1n) is 4.16. The highest BCUT2D eigenvalue weighted by Crippen LogP contribution is 2.19. The van der Waals surface area contributed by atoms with Crippen LogP contribution in [0, 0.1) is 5.82 Å². The average Bonchev–Trinajstić information content (AvgIpc) is 2.19. The van der Waals surface area contributed by atoms with Crippen LogP contribution in [-0.2, 0) is 0 Å². The summed E-state index contributed by atoms with van der Waals surface area (Å²) < 4.78 is 13.1. The second-order valence-electron chi connectivity index (χ2n) is 3.10. The number of nitrogen functional groups attached to an aromatic ring is 1. The van der Waals surface area contributed by atoms with E-state index in [1.54, 1.807) is 0 Å². The van der Waals surface area contributed by atoms with Gasteiger partial charge in [0.25, 0.3) is 0 Å². The summed E-state index contributed by atoms with van der Waals surface area (Å²) in [5.41, 5.74) is 5.84. The molecule has 0 aliphatic heterocycles. The maximum atomic E-state index is 13.1. The van der Waals surface area contributed by atoms with Crippen molar-refractivity contribution in [2.75, 3.05) is 5.73 Å². The van der Waals surface area contributed by atoms with Crippen molar-refractivity contribution in [1.82, 2.24) is 4.98 Å². The van der Waals surface area contributed by atoms with E-state index < -0.39 is 11.8 Å². The molecule has 4 nitrogen and oxygen atoms in total. The van der Waals surface area contributed by atoms with E-state index in [4.69, 9.17) is 10.8 Å². The van der Waals surface area contributed by atoms with E-state index in [1.807, 2.05) is 0 Å². The number of fused-ring (bicyclic) bond motifs is 1. The van der Waals surface area contributed by atoms with E-state index in [2.05, 4.69) is 4.98 Å². The fourth-order valence-electron chi connectivity index (χ4n) is 1.28. The number of aromatic carboxylic acids is 1. The van der Waals surface area contributed by atoms with Crippen molar-refractivity contribution in [3.8, 4) is 0 Å². The molecule has 0 aliphatic carbocycles. The molecule has 2 rings (SSSR count). The van der Waals surface area contributed by atoms with Gasteiger partial charge in [0, 0.05) is 11.6 Å². The number of hydrogen-bond donors (Lipinski definition) is 2. The van der Waals surface area contributed by atoms with Crippen LogP contribution in [0.3, 0.4) is 0 Å². The van der Waals surface area contributed by atoms with Gasteiger partial charge in [-0.2, -0.15) is 0 Å². The van der Waals surface area contributed by atoms with Gasteiger partial charge in [-0.25, -0.2) is 9.18 Å². The molecule has 3 N–H and O–H groups in total. The standard InChI is InChI=1S/C10H7FN2O2/c11-7-2-5-1-6(10(14)15)4-13-9(5)3-8(7)12/h1-4H,12H2,(H,14,15). The van der Waals surface area contributed by atoms with Crippen molar-refractivity contribution in [2.24, 2.45) is 0 Å². The monoisotopic (exact) mass is 206 g/mol. The van der Waals surface area contributed by atoms with Crippen LogP contribution in [0.4, 0.5) is 10.1 Å². The molecule has 2 aromatic rings. The quantitative estimate of drug-likeness (QED) is 0.695. The Bertz CT molecular complexity index is 554. The third kappa shape index (κ3) is 1.59. The lowest BCUT2D eigenvalue weighted by atomic mass is 10.1. The van der Waals surface area contributed by atoms with Crippen molar-refractivity contribution in [2.45, 2.75) is 0 Å². The zero-order valence-corrected chi connectivity index (χ0v) is 7.57. The Labute approximate surface area is 84.2 Å². The number of carboxylic acid groups (broad SMARTS) is 1. The first-order chi connectivity index (χ1) is 7.08. The van der Waals surface area contributed by atoms with Crippen LogP contribution >= 0.6 is 0 Å². The van der Waals surface area contributed by atoms with Crippen molar-refractivity contribution in [3.63, 3.8) is 0 Å². The SMILES string of the molecule is Nc1cc2ncc(C(=O)O)cc2cc1F. The number of anilines is 1. The molecule has 15 heavy (non-hydrogen) atoms. The summed E-state index contributed by atoms with van der Waals surface area (Å²) in [6.45, 7) is 0. The van der Waals surface area contributed by atoms with Crippen LogP contribution in [0.2, 0.25) is 0 Å². The van der Waals surface area contributed by atoms with Gasteiger partial charge in [0.15, 0.2) is 0 Å². The summed E-state index contributed by atoms with van der Waals surface area (Å²) in [7, 11) is 0. The van der Waals surface area contributed by atoms with Crippen molar-refractivity contribution < 1.29 is 14.3 Å². The molecule has 1 heterocycles. The minimum atomic E-state index is -1.10. The first kappa shape index (κ1) is 9.39. The molecule has 0 atom stereocenters. The highest BCUT2D eigenvalue weighted by atomic mass is 19.1. The predicted molar refractivity (Wildman–Crippen MR) is 53.1 cm³/mol. The third-order valence-electron chi connectivity index (χ3n) is 2.05. The summed E-state index contributed by atoms with van der Waals surface area (Å²) in [5, 5.41) is 9.13. The minimum absolute atomic E-state index is 0.00178. The molecule has 0 saturated carbocycles. The number of pyridine rings is 1. The molecule has 1 aromatic carbocycles. The number of aromatic nitrogens is 1. The Balaban J connectivity index is 2.72. The molecule has 0 spiro atoms. The second-order valence-corrected chi connectivity index (χ2v) is 3.10. The Hall–Kier alpha value is -2.17. The normalized spacial score (nSPS) is 10.5. The maximum Gasteiger partial charge on any atom is 0.337 e. The summed E-state index contributed by atoms with van der Waals surface area (Å²) >= 11 is 0. The van der Waals surface area contributed by atoms with Gasteiger partial charge in [-0.15, -0.1) is 0 Å². The first-order valence-corrected chi connectivity index (χ1v) is 4.16. The third-order valence-corrected chi connectivity index (χ3v) is 2.05. The fourth-order valence-corrected chi connectivity index (χ4v) is 1.28. The molecule has 0 bridgehead atoms. The van der Waals surface area contributed by atoms with Crippen LogP contribution in [0.25, 0.3) is 10.9 Å². The highest BCUT2D eigenvalue weighted by Gasteiger charge is 2.07. The van der Waals surface area contributed by atoms with E-state index >= 15 is 0 Å². The Morgan fingerprint density at radius 3 is 2.80 bits per heavy atom. The molecular formula is C10H7FN2O2. The van der Waals surface area contributed by atoms with Gasteiger partial charge in [0.1, 0.15) is 5.82 Å². The van der Waals surface area contributed by atoms with Crippen LogP contribution in [0.1, 0.15) is 10.4 Å². The van der Waals surface area contributed by atoms with Gasteiger partial charge < -0.3 is 10.8 Å². The smallest absolute Gasteiger partial charge is 0.337 e. The fraction of sp³-hybridized carbons (Fsp3) is 0. The molecule has 76 valence electrons. The van der Waals surface area contributed by atoms with E-state index in [0.717, 1.165) is 0 Å². The minimum Gasteiger partial charge on any atom is -0.478 e. The van der Waals surface area contributed by atoms with Gasteiger partial charge in [-0.3, -0.25) is 4.98 Å². The Morgan fingerprint density at radius 1 is 1.40 bits per heavy atom. The van der Waals surface area contributed by atoms with Crippen molar-refractivity contribution in [1.29, 1.82) is 0 Å². The molecule has 0 amide bonds. The number of halogens is 1. The van der Waals surface area contributed by atoms with E-state index in [1.165, 1.54) is 24.4 Å².